The van der Waals surface area contributed by atoms with Crippen LogP contribution in [0.15, 0.2) is 42.5 Å². The van der Waals surface area contributed by atoms with Gasteiger partial charge in [-0.15, -0.1) is 0 Å². The second kappa shape index (κ2) is 12.1. The fourth-order valence-electron chi connectivity index (χ4n) is 4.84. The maximum Gasteiger partial charge on any atom is 0.310 e. The van der Waals surface area contributed by atoms with Gasteiger partial charge >= 0.3 is 5.69 Å². The quantitative estimate of drug-likeness (QED) is 0.103. The van der Waals surface area contributed by atoms with E-state index >= 15 is 0 Å². The molecule has 4 atom stereocenters. The number of nitro groups is 1. The summed E-state index contributed by atoms with van der Waals surface area (Å²) in [5.74, 6) is -3.83. The molecular weight excluding hydrogens is 526 g/mol. The molecular formula is C26H29N5O9. The van der Waals surface area contributed by atoms with Crippen molar-refractivity contribution in [2.75, 3.05) is 13.2 Å². The Balaban J connectivity index is 1.51. The molecule has 1 aliphatic heterocycles. The Kier molecular flexibility index (Phi) is 8.60. The Morgan fingerprint density at radius 3 is 2.30 bits per heavy atom. The molecule has 14 nitrogen and oxygen atoms in total. The number of nitrogens with zero attached hydrogens (tertiary/aromatic N) is 1. The van der Waals surface area contributed by atoms with Crippen molar-refractivity contribution in [3.8, 4) is 5.75 Å². The maximum absolute atomic E-state index is 13.4. The fraction of sp³-hybridized carbons (Fsp3) is 0.385. The van der Waals surface area contributed by atoms with E-state index in [1.165, 1.54) is 6.07 Å². The molecule has 0 bridgehead atoms. The highest BCUT2D eigenvalue weighted by Gasteiger charge is 2.51. The number of primary amides is 1. The van der Waals surface area contributed by atoms with Gasteiger partial charge in [-0.25, -0.2) is 0 Å². The molecule has 1 aliphatic carbocycles. The lowest BCUT2D eigenvalue weighted by atomic mass is 9.95. The number of carbonyl (C=O) groups is 4. The van der Waals surface area contributed by atoms with Crippen molar-refractivity contribution in [1.82, 2.24) is 16.0 Å². The van der Waals surface area contributed by atoms with Crippen LogP contribution in [-0.2, 0) is 43.2 Å². The van der Waals surface area contributed by atoms with E-state index in [-0.39, 0.29) is 31.1 Å². The van der Waals surface area contributed by atoms with Crippen molar-refractivity contribution in [2.24, 2.45) is 11.7 Å². The number of aliphatic hydroxyl groups is 1. The van der Waals surface area contributed by atoms with Gasteiger partial charge in [0.15, 0.2) is 18.0 Å². The third-order valence-corrected chi connectivity index (χ3v) is 6.89. The summed E-state index contributed by atoms with van der Waals surface area (Å²) in [6.07, 6.45) is -1.54. The lowest BCUT2D eigenvalue weighted by molar-refractivity contribution is -0.385. The molecule has 4 rings (SSSR count). The lowest BCUT2D eigenvalue weighted by Crippen LogP contribution is -2.56. The summed E-state index contributed by atoms with van der Waals surface area (Å²) < 4.78 is 5.14. The van der Waals surface area contributed by atoms with E-state index in [1.54, 1.807) is 0 Å². The Morgan fingerprint density at radius 2 is 1.70 bits per heavy atom. The van der Waals surface area contributed by atoms with Crippen LogP contribution in [0.1, 0.15) is 16.7 Å². The average molecular weight is 556 g/mol. The van der Waals surface area contributed by atoms with Gasteiger partial charge in [-0.2, -0.15) is 0 Å². The van der Waals surface area contributed by atoms with Crippen molar-refractivity contribution in [3.63, 3.8) is 0 Å². The summed E-state index contributed by atoms with van der Waals surface area (Å²) in [6, 6.07) is 8.72. The van der Waals surface area contributed by atoms with Gasteiger partial charge in [0.1, 0.15) is 12.1 Å². The van der Waals surface area contributed by atoms with Crippen LogP contribution in [0, 0.1) is 16.0 Å². The molecule has 0 aromatic heterocycles. The number of benzene rings is 2. The topological polar surface area (TPSA) is 227 Å². The molecule has 212 valence electrons. The minimum Gasteiger partial charge on any atom is -0.502 e. The van der Waals surface area contributed by atoms with Crippen LogP contribution >= 0.6 is 0 Å². The SMILES string of the molecule is NC(=O)[C@H](NC(=O)[C@@H](Cc1ccc(O)c([N+](=O)[O-])c1)NC(=O)[C@@H]1O[C@H]1C(=O)NCCO)C1Cc2ccccc2C1. The van der Waals surface area contributed by atoms with E-state index in [0.717, 1.165) is 23.3 Å². The molecule has 0 saturated carbocycles. The number of fused-ring (bicyclic) bond motifs is 1. The first-order valence-corrected chi connectivity index (χ1v) is 12.6. The minimum atomic E-state index is -1.34. The Hall–Kier alpha value is -4.56. The summed E-state index contributed by atoms with van der Waals surface area (Å²) in [7, 11) is 0. The summed E-state index contributed by atoms with van der Waals surface area (Å²) in [4.78, 5) is 61.2. The highest BCUT2D eigenvalue weighted by Crippen LogP contribution is 2.30. The minimum absolute atomic E-state index is 0.0305. The number of phenolic OH excluding ortho intramolecular Hbond substituents is 1. The molecule has 2 aromatic carbocycles. The number of amides is 4. The highest BCUT2D eigenvalue weighted by atomic mass is 16.6. The molecule has 14 heteroatoms. The van der Waals surface area contributed by atoms with Crippen molar-refractivity contribution in [3.05, 3.63) is 69.3 Å². The van der Waals surface area contributed by atoms with Crippen molar-refractivity contribution in [2.45, 2.75) is 43.6 Å². The van der Waals surface area contributed by atoms with Crippen LogP contribution in [0.4, 0.5) is 5.69 Å². The average Bonchev–Trinajstić information content (AvgIpc) is 3.62. The monoisotopic (exact) mass is 555 g/mol. The first-order valence-electron chi connectivity index (χ1n) is 12.6. The number of hydrogen-bond acceptors (Lipinski definition) is 9. The Labute approximate surface area is 228 Å². The van der Waals surface area contributed by atoms with Crippen LogP contribution in [0.3, 0.4) is 0 Å². The van der Waals surface area contributed by atoms with Gasteiger partial charge in [-0.3, -0.25) is 29.3 Å². The molecule has 0 unspecified atom stereocenters. The van der Waals surface area contributed by atoms with Gasteiger partial charge in [-0.05, 0) is 41.5 Å². The van der Waals surface area contributed by atoms with Crippen LogP contribution < -0.4 is 21.7 Å². The first-order chi connectivity index (χ1) is 19.1. The van der Waals surface area contributed by atoms with E-state index < -0.39 is 64.3 Å². The standard InChI is InChI=1S/C26H29N5O9/c27-23(34)20(16-11-14-3-1-2-4-15(14)12-16)30-24(35)17(9-13-5-6-19(33)18(10-13)31(38)39)29-26(37)22-21(40-22)25(36)28-7-8-32/h1-6,10,16-17,20-22,32-33H,7-9,11-12H2,(H2,27,34)(H,28,36)(H,29,37)(H,30,35)/t17-,20-,21-,22-/m1/s1. The number of nitrogens with two attached hydrogens (primary N) is 1. The predicted molar refractivity (Wildman–Crippen MR) is 138 cm³/mol. The molecule has 4 amide bonds. The van der Waals surface area contributed by atoms with E-state index in [2.05, 4.69) is 16.0 Å². The predicted octanol–water partition coefficient (Wildman–Crippen LogP) is -1.41. The summed E-state index contributed by atoms with van der Waals surface area (Å²) >= 11 is 0. The molecule has 40 heavy (non-hydrogen) atoms. The van der Waals surface area contributed by atoms with E-state index in [1.807, 2.05) is 24.3 Å². The third kappa shape index (κ3) is 6.52. The van der Waals surface area contributed by atoms with Crippen LogP contribution in [0.2, 0.25) is 0 Å². The number of rotatable bonds is 12. The molecule has 7 N–H and O–H groups in total. The summed E-state index contributed by atoms with van der Waals surface area (Å²) in [6.45, 7) is -0.333. The molecule has 1 heterocycles. The molecule has 2 aliphatic rings. The summed E-state index contributed by atoms with van der Waals surface area (Å²) in [5, 5.41) is 37.4. The van der Waals surface area contributed by atoms with Crippen LogP contribution in [0.5, 0.6) is 5.75 Å². The Morgan fingerprint density at radius 1 is 1.05 bits per heavy atom. The van der Waals surface area contributed by atoms with Crippen molar-refractivity contribution in [1.29, 1.82) is 0 Å². The number of aromatic hydroxyl groups is 1. The van der Waals surface area contributed by atoms with Gasteiger partial charge < -0.3 is 36.6 Å². The second-order valence-corrected chi connectivity index (χ2v) is 9.66. The lowest BCUT2D eigenvalue weighted by Gasteiger charge is -2.25. The number of nitrogens with one attached hydrogen (secondary N) is 3. The number of ether oxygens (including phenoxy) is 1. The molecule has 0 radical (unpaired) electrons. The van der Waals surface area contributed by atoms with Crippen LogP contribution in [0.25, 0.3) is 0 Å². The van der Waals surface area contributed by atoms with E-state index in [0.29, 0.717) is 12.8 Å². The molecule has 1 fully saturated rings. The molecule has 1 saturated heterocycles. The first kappa shape index (κ1) is 28.4. The zero-order valence-corrected chi connectivity index (χ0v) is 21.2. The number of phenols is 1. The third-order valence-electron chi connectivity index (χ3n) is 6.89. The van der Waals surface area contributed by atoms with E-state index in [9.17, 15) is 34.4 Å². The number of hydrogen-bond donors (Lipinski definition) is 6. The number of carbonyl (C=O) groups excluding carboxylic acids is 4. The second-order valence-electron chi connectivity index (χ2n) is 9.66. The van der Waals surface area contributed by atoms with Crippen LogP contribution in [-0.4, -0.2) is 76.2 Å². The molecule has 2 aromatic rings. The normalized spacial score (nSPS) is 19.1. The molecule has 0 spiro atoms. The Bertz CT molecular complexity index is 1310. The zero-order chi connectivity index (χ0) is 29.0. The van der Waals surface area contributed by atoms with Gasteiger partial charge in [0.05, 0.1) is 11.5 Å². The van der Waals surface area contributed by atoms with Crippen molar-refractivity contribution >= 4 is 29.3 Å². The number of aliphatic hydroxyl groups excluding tert-OH is 1. The highest BCUT2D eigenvalue weighted by molar-refractivity contribution is 5.97. The smallest absolute Gasteiger partial charge is 0.310 e. The summed E-state index contributed by atoms with van der Waals surface area (Å²) in [5.41, 5.74) is 7.36. The largest absolute Gasteiger partial charge is 0.502 e. The van der Waals surface area contributed by atoms with Gasteiger partial charge in [0.2, 0.25) is 11.8 Å². The number of epoxide rings is 1. The fourth-order valence-corrected chi connectivity index (χ4v) is 4.84. The van der Waals surface area contributed by atoms with Crippen molar-refractivity contribution < 1.29 is 39.1 Å². The van der Waals surface area contributed by atoms with Gasteiger partial charge in [-0.1, -0.05) is 30.3 Å². The number of nitro benzene ring substituents is 1. The van der Waals surface area contributed by atoms with E-state index in [4.69, 9.17) is 15.6 Å². The van der Waals surface area contributed by atoms with Gasteiger partial charge in [0.25, 0.3) is 11.8 Å². The zero-order valence-electron chi connectivity index (χ0n) is 21.2. The maximum atomic E-state index is 13.4. The van der Waals surface area contributed by atoms with Gasteiger partial charge in [0, 0.05) is 19.0 Å².